The predicted molar refractivity (Wildman–Crippen MR) is 125 cm³/mol. The highest BCUT2D eigenvalue weighted by Gasteiger charge is 2.22. The van der Waals surface area contributed by atoms with Crippen LogP contribution in [0, 0.1) is 6.92 Å². The maximum absolute atomic E-state index is 12.9. The van der Waals surface area contributed by atoms with Crippen LogP contribution in [0.1, 0.15) is 35.2 Å². The van der Waals surface area contributed by atoms with Crippen molar-refractivity contribution in [1.29, 1.82) is 0 Å². The Balaban J connectivity index is 1.26. The van der Waals surface area contributed by atoms with Gasteiger partial charge in [0.05, 0.1) is 5.56 Å². The standard InChI is InChI=1S/C25H32N4O2/c1-20-9-10-23(28-13-5-6-14-28)22(19-20)25(31)26-12-11-24(30)29-17-15-27(16-18-29)21-7-3-2-4-8-21/h2-4,7-10,19H,5-6,11-18H2,1H3,(H,26,31). The lowest BCUT2D eigenvalue weighted by atomic mass is 10.1. The molecule has 0 bridgehead atoms. The zero-order valence-corrected chi connectivity index (χ0v) is 18.3. The summed E-state index contributed by atoms with van der Waals surface area (Å²) in [4.78, 5) is 32.0. The molecule has 2 amide bonds. The normalized spacial score (nSPS) is 16.5. The SMILES string of the molecule is Cc1ccc(N2CCCC2)c(C(=O)NCCC(=O)N2CCN(c3ccccc3)CC2)c1. The Kier molecular flexibility index (Phi) is 6.75. The van der Waals surface area contributed by atoms with Crippen LogP contribution in [-0.2, 0) is 4.79 Å². The fourth-order valence-corrected chi connectivity index (χ4v) is 4.45. The summed E-state index contributed by atoms with van der Waals surface area (Å²) < 4.78 is 0. The molecule has 2 aliphatic rings. The van der Waals surface area contributed by atoms with Crippen LogP contribution in [0.3, 0.4) is 0 Å². The molecule has 2 heterocycles. The summed E-state index contributed by atoms with van der Waals surface area (Å²) in [5.74, 6) is 0.0179. The smallest absolute Gasteiger partial charge is 0.253 e. The van der Waals surface area contributed by atoms with E-state index in [0.717, 1.165) is 50.5 Å². The highest BCUT2D eigenvalue weighted by atomic mass is 16.2. The molecule has 164 valence electrons. The van der Waals surface area contributed by atoms with E-state index in [4.69, 9.17) is 0 Å². The van der Waals surface area contributed by atoms with Crippen molar-refractivity contribution >= 4 is 23.2 Å². The zero-order valence-electron chi connectivity index (χ0n) is 18.3. The number of carbonyl (C=O) groups is 2. The Morgan fingerprint density at radius 3 is 2.29 bits per heavy atom. The van der Waals surface area contributed by atoms with Crippen molar-refractivity contribution in [3.8, 4) is 0 Å². The number of nitrogens with zero attached hydrogens (tertiary/aromatic N) is 3. The number of benzene rings is 2. The Morgan fingerprint density at radius 1 is 0.871 bits per heavy atom. The minimum Gasteiger partial charge on any atom is -0.371 e. The number of hydrogen-bond donors (Lipinski definition) is 1. The Labute approximate surface area is 184 Å². The van der Waals surface area contributed by atoms with Gasteiger partial charge in [-0.1, -0.05) is 29.8 Å². The molecule has 0 aliphatic carbocycles. The molecule has 0 atom stereocenters. The fraction of sp³-hybridized carbons (Fsp3) is 0.440. The molecule has 2 saturated heterocycles. The monoisotopic (exact) mass is 420 g/mol. The molecule has 0 saturated carbocycles. The molecule has 2 fully saturated rings. The third-order valence-electron chi connectivity index (χ3n) is 6.22. The van der Waals surface area contributed by atoms with E-state index in [1.54, 1.807) is 0 Å². The number of anilines is 2. The summed E-state index contributed by atoms with van der Waals surface area (Å²) in [6.07, 6.45) is 2.67. The van der Waals surface area contributed by atoms with E-state index in [1.165, 1.54) is 18.5 Å². The van der Waals surface area contributed by atoms with Gasteiger partial charge in [-0.2, -0.15) is 0 Å². The molecule has 2 aliphatic heterocycles. The summed E-state index contributed by atoms with van der Waals surface area (Å²) in [7, 11) is 0. The zero-order chi connectivity index (χ0) is 21.6. The average molecular weight is 421 g/mol. The van der Waals surface area contributed by atoms with Crippen molar-refractivity contribution in [2.24, 2.45) is 0 Å². The van der Waals surface area contributed by atoms with E-state index in [0.29, 0.717) is 18.5 Å². The number of amides is 2. The molecule has 31 heavy (non-hydrogen) atoms. The van der Waals surface area contributed by atoms with E-state index in [1.807, 2.05) is 42.2 Å². The third-order valence-corrected chi connectivity index (χ3v) is 6.22. The summed E-state index contributed by atoms with van der Waals surface area (Å²) in [5, 5.41) is 2.97. The number of para-hydroxylation sites is 1. The molecule has 0 radical (unpaired) electrons. The van der Waals surface area contributed by atoms with Crippen molar-refractivity contribution < 1.29 is 9.59 Å². The van der Waals surface area contributed by atoms with Gasteiger partial charge in [0.2, 0.25) is 5.91 Å². The predicted octanol–water partition coefficient (Wildman–Crippen LogP) is 3.06. The molecule has 0 spiro atoms. The van der Waals surface area contributed by atoms with Gasteiger partial charge in [-0.25, -0.2) is 0 Å². The highest BCUT2D eigenvalue weighted by molar-refractivity contribution is 6.00. The lowest BCUT2D eigenvalue weighted by molar-refractivity contribution is -0.131. The van der Waals surface area contributed by atoms with Crippen LogP contribution >= 0.6 is 0 Å². The summed E-state index contributed by atoms with van der Waals surface area (Å²) in [5.41, 5.74) is 3.99. The number of rotatable bonds is 6. The van der Waals surface area contributed by atoms with Gasteiger partial charge in [0.1, 0.15) is 0 Å². The van der Waals surface area contributed by atoms with Gasteiger partial charge in [-0.05, 0) is 44.0 Å². The second-order valence-electron chi connectivity index (χ2n) is 8.42. The van der Waals surface area contributed by atoms with Crippen LogP contribution in [0.2, 0.25) is 0 Å². The first-order chi connectivity index (χ1) is 15.1. The van der Waals surface area contributed by atoms with Crippen LogP contribution < -0.4 is 15.1 Å². The van der Waals surface area contributed by atoms with Crippen LogP contribution in [0.5, 0.6) is 0 Å². The quantitative estimate of drug-likeness (QED) is 0.780. The molecule has 6 heteroatoms. The maximum Gasteiger partial charge on any atom is 0.253 e. The van der Waals surface area contributed by atoms with Crippen molar-refractivity contribution in [2.75, 3.05) is 55.6 Å². The molecular weight excluding hydrogens is 388 g/mol. The minimum absolute atomic E-state index is 0.0905. The van der Waals surface area contributed by atoms with Gasteiger partial charge < -0.3 is 20.0 Å². The Morgan fingerprint density at radius 2 is 1.58 bits per heavy atom. The number of piperazine rings is 1. The molecular formula is C25H32N4O2. The minimum atomic E-state index is -0.0905. The van der Waals surface area contributed by atoms with Crippen molar-refractivity contribution in [3.63, 3.8) is 0 Å². The third kappa shape index (κ3) is 5.19. The van der Waals surface area contributed by atoms with E-state index in [-0.39, 0.29) is 11.8 Å². The molecule has 0 aromatic heterocycles. The van der Waals surface area contributed by atoms with Crippen molar-refractivity contribution in [3.05, 3.63) is 59.7 Å². The number of hydrogen-bond acceptors (Lipinski definition) is 4. The van der Waals surface area contributed by atoms with Gasteiger partial charge in [0.15, 0.2) is 0 Å². The number of carbonyl (C=O) groups excluding carboxylic acids is 2. The van der Waals surface area contributed by atoms with Crippen LogP contribution in [-0.4, -0.2) is 62.5 Å². The largest absolute Gasteiger partial charge is 0.371 e. The van der Waals surface area contributed by atoms with Gasteiger partial charge in [-0.3, -0.25) is 9.59 Å². The summed E-state index contributed by atoms with van der Waals surface area (Å²) in [6.45, 7) is 7.48. The van der Waals surface area contributed by atoms with Gasteiger partial charge in [0.25, 0.3) is 5.91 Å². The molecule has 4 rings (SSSR count). The molecule has 2 aromatic carbocycles. The first kappa shape index (κ1) is 21.2. The number of nitrogens with one attached hydrogen (secondary N) is 1. The molecule has 2 aromatic rings. The van der Waals surface area contributed by atoms with Crippen molar-refractivity contribution in [2.45, 2.75) is 26.2 Å². The molecule has 6 nitrogen and oxygen atoms in total. The van der Waals surface area contributed by atoms with Gasteiger partial charge >= 0.3 is 0 Å². The maximum atomic E-state index is 12.9. The Bertz CT molecular complexity index is 901. The first-order valence-corrected chi connectivity index (χ1v) is 11.3. The lowest BCUT2D eigenvalue weighted by Crippen LogP contribution is -2.49. The lowest BCUT2D eigenvalue weighted by Gasteiger charge is -2.36. The topological polar surface area (TPSA) is 55.9 Å². The van der Waals surface area contributed by atoms with Crippen LogP contribution in [0.25, 0.3) is 0 Å². The van der Waals surface area contributed by atoms with Crippen LogP contribution in [0.15, 0.2) is 48.5 Å². The summed E-state index contributed by atoms with van der Waals surface area (Å²) in [6, 6.07) is 16.4. The second kappa shape index (κ2) is 9.86. The highest BCUT2D eigenvalue weighted by Crippen LogP contribution is 2.25. The van der Waals surface area contributed by atoms with Crippen molar-refractivity contribution in [1.82, 2.24) is 10.2 Å². The van der Waals surface area contributed by atoms with Gasteiger partial charge in [0, 0.05) is 63.6 Å². The molecule has 1 N–H and O–H groups in total. The fourth-order valence-electron chi connectivity index (χ4n) is 4.45. The van der Waals surface area contributed by atoms with E-state index in [9.17, 15) is 9.59 Å². The summed E-state index contributed by atoms with van der Waals surface area (Å²) >= 11 is 0. The number of aryl methyl sites for hydroxylation is 1. The second-order valence-corrected chi connectivity index (χ2v) is 8.42. The van der Waals surface area contributed by atoms with Gasteiger partial charge in [-0.15, -0.1) is 0 Å². The first-order valence-electron chi connectivity index (χ1n) is 11.3. The average Bonchev–Trinajstić information content (AvgIpc) is 3.34. The van der Waals surface area contributed by atoms with E-state index in [2.05, 4.69) is 33.3 Å². The van der Waals surface area contributed by atoms with E-state index >= 15 is 0 Å². The van der Waals surface area contributed by atoms with E-state index < -0.39 is 0 Å². The van der Waals surface area contributed by atoms with Crippen LogP contribution in [0.4, 0.5) is 11.4 Å². The Hall–Kier alpha value is -3.02. The molecule has 0 unspecified atom stereocenters.